The predicted molar refractivity (Wildman–Crippen MR) is 79.8 cm³/mol. The van der Waals surface area contributed by atoms with Crippen LogP contribution in [-0.2, 0) is 24.1 Å². The van der Waals surface area contributed by atoms with Gasteiger partial charge >= 0.3 is 5.69 Å². The Hall–Kier alpha value is -1.40. The summed E-state index contributed by atoms with van der Waals surface area (Å²) in [5.41, 5.74) is 0.717. The van der Waals surface area contributed by atoms with Gasteiger partial charge in [0.25, 0.3) is 5.56 Å². The van der Waals surface area contributed by atoms with Crippen LogP contribution in [0.5, 0.6) is 0 Å². The summed E-state index contributed by atoms with van der Waals surface area (Å²) in [7, 11) is 1.62. The van der Waals surface area contributed by atoms with E-state index in [1.165, 1.54) is 15.9 Å². The van der Waals surface area contributed by atoms with Crippen LogP contribution in [0.4, 0.5) is 0 Å². The monoisotopic (exact) mass is 294 g/mol. The Labute approximate surface area is 120 Å². The number of ether oxygens (including phenoxy) is 1. The Balaban J connectivity index is 2.13. The summed E-state index contributed by atoms with van der Waals surface area (Å²) in [6.45, 7) is 0.953. The number of rotatable bonds is 4. The number of fused-ring (bicyclic) bond motifs is 3. The van der Waals surface area contributed by atoms with E-state index in [-0.39, 0.29) is 11.2 Å². The Morgan fingerprint density at radius 3 is 2.90 bits per heavy atom. The van der Waals surface area contributed by atoms with Crippen molar-refractivity contribution in [3.05, 3.63) is 31.3 Å². The summed E-state index contributed by atoms with van der Waals surface area (Å²) in [5, 5.41) is 0.738. The van der Waals surface area contributed by atoms with Crippen molar-refractivity contribution in [2.75, 3.05) is 13.7 Å². The number of H-pyrrole nitrogens is 1. The number of aryl methyl sites for hydroxylation is 2. The fraction of sp³-hybridized carbons (Fsp3) is 0.571. The number of nitrogens with zero attached hydrogens (tertiary/aromatic N) is 1. The van der Waals surface area contributed by atoms with Gasteiger partial charge in [0.05, 0.1) is 5.39 Å². The highest BCUT2D eigenvalue weighted by atomic mass is 32.1. The van der Waals surface area contributed by atoms with Gasteiger partial charge in [-0.15, -0.1) is 11.3 Å². The fourth-order valence-electron chi connectivity index (χ4n) is 2.84. The molecule has 0 amide bonds. The molecule has 2 aromatic heterocycles. The number of methoxy groups -OCH3 is 1. The minimum atomic E-state index is -0.308. The molecule has 0 aromatic carbocycles. The summed E-state index contributed by atoms with van der Waals surface area (Å²) in [4.78, 5) is 29.5. The fourth-order valence-corrected chi connectivity index (χ4v) is 4.11. The smallest absolute Gasteiger partial charge is 0.329 e. The van der Waals surface area contributed by atoms with Crippen LogP contribution in [0.1, 0.15) is 29.7 Å². The van der Waals surface area contributed by atoms with E-state index in [4.69, 9.17) is 4.74 Å². The zero-order valence-corrected chi connectivity index (χ0v) is 12.3. The lowest BCUT2D eigenvalue weighted by molar-refractivity contribution is 0.189. The Kier molecular flexibility index (Phi) is 3.76. The Morgan fingerprint density at radius 2 is 2.10 bits per heavy atom. The molecule has 2 aromatic rings. The van der Waals surface area contributed by atoms with Gasteiger partial charge in [-0.2, -0.15) is 0 Å². The summed E-state index contributed by atoms with van der Waals surface area (Å²) >= 11 is 1.57. The molecule has 5 nitrogen and oxygen atoms in total. The van der Waals surface area contributed by atoms with Crippen LogP contribution in [0.3, 0.4) is 0 Å². The van der Waals surface area contributed by atoms with E-state index in [0.29, 0.717) is 19.6 Å². The predicted octanol–water partition coefficient (Wildman–Crippen LogP) is 1.67. The molecule has 1 aliphatic rings. The van der Waals surface area contributed by atoms with E-state index in [2.05, 4.69) is 4.98 Å². The Morgan fingerprint density at radius 1 is 1.30 bits per heavy atom. The molecule has 0 saturated carbocycles. The minimum absolute atomic E-state index is 0.140. The molecule has 0 aliphatic heterocycles. The van der Waals surface area contributed by atoms with Crippen LogP contribution in [0.2, 0.25) is 0 Å². The van der Waals surface area contributed by atoms with Crippen molar-refractivity contribution in [3.63, 3.8) is 0 Å². The molecule has 20 heavy (non-hydrogen) atoms. The molecular weight excluding hydrogens is 276 g/mol. The molecule has 1 N–H and O–H groups in total. The molecule has 0 bridgehead atoms. The van der Waals surface area contributed by atoms with Crippen molar-refractivity contribution in [3.8, 4) is 0 Å². The summed E-state index contributed by atoms with van der Waals surface area (Å²) in [5.74, 6) is 0. The van der Waals surface area contributed by atoms with Crippen LogP contribution in [0.15, 0.2) is 9.59 Å². The lowest BCUT2D eigenvalue weighted by Crippen LogP contribution is -2.35. The maximum atomic E-state index is 12.6. The molecule has 6 heteroatoms. The molecule has 0 atom stereocenters. The molecule has 0 saturated heterocycles. The zero-order valence-electron chi connectivity index (χ0n) is 11.5. The molecule has 0 fully saturated rings. The van der Waals surface area contributed by atoms with Gasteiger partial charge in [0, 0.05) is 25.1 Å². The highest BCUT2D eigenvalue weighted by molar-refractivity contribution is 7.18. The SMILES string of the molecule is COCCCn1c(=O)[nH]c2sc3c(c2c1=O)CCCC3. The van der Waals surface area contributed by atoms with E-state index < -0.39 is 0 Å². The topological polar surface area (TPSA) is 64.1 Å². The van der Waals surface area contributed by atoms with Gasteiger partial charge in [-0.1, -0.05) is 0 Å². The molecule has 0 spiro atoms. The highest BCUT2D eigenvalue weighted by Crippen LogP contribution is 2.32. The number of thiophene rings is 1. The molecular formula is C14H18N2O3S. The van der Waals surface area contributed by atoms with E-state index in [1.807, 2.05) is 0 Å². The highest BCUT2D eigenvalue weighted by Gasteiger charge is 2.20. The van der Waals surface area contributed by atoms with Crippen molar-refractivity contribution in [1.82, 2.24) is 9.55 Å². The molecule has 1 aliphatic carbocycles. The lowest BCUT2D eigenvalue weighted by Gasteiger charge is -2.10. The molecule has 0 radical (unpaired) electrons. The maximum absolute atomic E-state index is 12.6. The third-order valence-corrected chi connectivity index (χ3v) is 5.03. The molecule has 0 unspecified atom stereocenters. The summed E-state index contributed by atoms with van der Waals surface area (Å²) in [6.07, 6.45) is 4.94. The second-order valence-corrected chi connectivity index (χ2v) is 6.25. The third-order valence-electron chi connectivity index (χ3n) is 3.83. The quantitative estimate of drug-likeness (QED) is 0.872. The van der Waals surface area contributed by atoms with E-state index in [9.17, 15) is 9.59 Å². The van der Waals surface area contributed by atoms with Gasteiger partial charge in [-0.05, 0) is 37.7 Å². The normalized spacial score (nSPS) is 14.7. The Bertz CT molecular complexity index is 741. The van der Waals surface area contributed by atoms with Gasteiger partial charge in [-0.25, -0.2) is 4.79 Å². The van der Waals surface area contributed by atoms with Gasteiger partial charge < -0.3 is 4.74 Å². The van der Waals surface area contributed by atoms with Gasteiger partial charge in [-0.3, -0.25) is 14.3 Å². The standard InChI is InChI=1S/C14H18N2O3S/c1-19-8-4-7-16-13(17)11-9-5-2-3-6-10(9)20-12(11)15-14(16)18/h2-8H2,1H3,(H,15,18). The van der Waals surface area contributed by atoms with E-state index in [1.54, 1.807) is 18.4 Å². The second kappa shape index (κ2) is 5.54. The van der Waals surface area contributed by atoms with Gasteiger partial charge in [0.2, 0.25) is 0 Å². The van der Waals surface area contributed by atoms with Crippen LogP contribution in [0.25, 0.3) is 10.2 Å². The zero-order chi connectivity index (χ0) is 14.1. The second-order valence-electron chi connectivity index (χ2n) is 5.15. The average molecular weight is 294 g/mol. The van der Waals surface area contributed by atoms with Crippen molar-refractivity contribution >= 4 is 21.6 Å². The summed E-state index contributed by atoms with van der Waals surface area (Å²) < 4.78 is 6.29. The molecule has 108 valence electrons. The van der Waals surface area contributed by atoms with E-state index in [0.717, 1.165) is 35.0 Å². The van der Waals surface area contributed by atoms with Crippen LogP contribution < -0.4 is 11.2 Å². The third kappa shape index (κ3) is 2.23. The van der Waals surface area contributed by atoms with Crippen LogP contribution >= 0.6 is 11.3 Å². The first-order valence-corrected chi connectivity index (χ1v) is 7.80. The number of aromatic amines is 1. The van der Waals surface area contributed by atoms with Gasteiger partial charge in [0.1, 0.15) is 4.83 Å². The van der Waals surface area contributed by atoms with E-state index >= 15 is 0 Å². The number of hydrogen-bond donors (Lipinski definition) is 1. The van der Waals surface area contributed by atoms with Crippen molar-refractivity contribution < 1.29 is 4.74 Å². The first-order valence-electron chi connectivity index (χ1n) is 6.98. The van der Waals surface area contributed by atoms with Gasteiger partial charge in [0.15, 0.2) is 0 Å². The number of hydrogen-bond acceptors (Lipinski definition) is 4. The van der Waals surface area contributed by atoms with Crippen molar-refractivity contribution in [2.45, 2.75) is 38.6 Å². The average Bonchev–Trinajstić information content (AvgIpc) is 2.80. The summed E-state index contributed by atoms with van der Waals surface area (Å²) in [6, 6.07) is 0. The lowest BCUT2D eigenvalue weighted by atomic mass is 9.97. The first kappa shape index (κ1) is 13.6. The minimum Gasteiger partial charge on any atom is -0.385 e. The number of nitrogens with one attached hydrogen (secondary N) is 1. The largest absolute Gasteiger partial charge is 0.385 e. The first-order chi connectivity index (χ1) is 9.72. The number of aromatic nitrogens is 2. The molecule has 3 rings (SSSR count). The van der Waals surface area contributed by atoms with Crippen molar-refractivity contribution in [1.29, 1.82) is 0 Å². The van der Waals surface area contributed by atoms with Crippen molar-refractivity contribution in [2.24, 2.45) is 0 Å². The van der Waals surface area contributed by atoms with Crippen LogP contribution in [0, 0.1) is 0 Å². The van der Waals surface area contributed by atoms with Crippen LogP contribution in [-0.4, -0.2) is 23.3 Å². The maximum Gasteiger partial charge on any atom is 0.329 e. The molecule has 2 heterocycles.